The summed E-state index contributed by atoms with van der Waals surface area (Å²) in [7, 11) is 0. The van der Waals surface area contributed by atoms with Gasteiger partial charge in [0.25, 0.3) is 0 Å². The highest BCUT2D eigenvalue weighted by Crippen LogP contribution is 2.32. The number of halogens is 2. The topological polar surface area (TPSA) is 26.0 Å². The van der Waals surface area contributed by atoms with Gasteiger partial charge in [-0.3, -0.25) is 0 Å². The molecule has 0 saturated carbocycles. The first kappa shape index (κ1) is 14.8. The Hall–Kier alpha value is -0.240. The Labute approximate surface area is 103 Å². The minimum atomic E-state index is 0. The molecule has 1 aromatic rings. The summed E-state index contributed by atoms with van der Waals surface area (Å²) in [5, 5.41) is 0.794. The van der Waals surface area contributed by atoms with Gasteiger partial charge in [-0.1, -0.05) is 44.5 Å². The first-order valence-electron chi connectivity index (χ1n) is 4.84. The molecule has 1 atom stereocenters. The molecule has 15 heavy (non-hydrogen) atoms. The van der Waals surface area contributed by atoms with Gasteiger partial charge in [0, 0.05) is 11.1 Å². The van der Waals surface area contributed by atoms with Gasteiger partial charge in [-0.25, -0.2) is 0 Å². The van der Waals surface area contributed by atoms with Crippen molar-refractivity contribution in [1.82, 2.24) is 0 Å². The molecule has 0 unspecified atom stereocenters. The van der Waals surface area contributed by atoms with Crippen LogP contribution in [0.3, 0.4) is 0 Å². The van der Waals surface area contributed by atoms with E-state index in [9.17, 15) is 0 Å². The van der Waals surface area contributed by atoms with E-state index in [1.165, 1.54) is 0 Å². The van der Waals surface area contributed by atoms with Crippen molar-refractivity contribution >= 4 is 24.0 Å². The van der Waals surface area contributed by atoms with Crippen LogP contribution in [0.2, 0.25) is 5.02 Å². The molecule has 0 saturated heterocycles. The summed E-state index contributed by atoms with van der Waals surface area (Å²) < 4.78 is 0. The highest BCUT2D eigenvalue weighted by molar-refractivity contribution is 6.31. The second kappa shape index (κ2) is 5.20. The number of rotatable bonds is 1. The van der Waals surface area contributed by atoms with E-state index in [1.54, 1.807) is 0 Å². The lowest BCUT2D eigenvalue weighted by Gasteiger charge is -2.27. The minimum Gasteiger partial charge on any atom is -0.324 e. The minimum absolute atomic E-state index is 0. The van der Waals surface area contributed by atoms with Gasteiger partial charge < -0.3 is 5.73 Å². The molecule has 3 heteroatoms. The maximum atomic E-state index is 6.13. The lowest BCUT2D eigenvalue weighted by molar-refractivity contribution is 0.327. The summed E-state index contributed by atoms with van der Waals surface area (Å²) in [6.45, 7) is 8.39. The van der Waals surface area contributed by atoms with Crippen molar-refractivity contribution in [3.05, 3.63) is 34.3 Å². The number of benzene rings is 1. The normalized spacial score (nSPS) is 13.2. The van der Waals surface area contributed by atoms with Gasteiger partial charge in [0.2, 0.25) is 0 Å². The van der Waals surface area contributed by atoms with Crippen molar-refractivity contribution in [2.75, 3.05) is 0 Å². The van der Waals surface area contributed by atoms with Crippen LogP contribution in [0.4, 0.5) is 0 Å². The van der Waals surface area contributed by atoms with Gasteiger partial charge in [0.15, 0.2) is 0 Å². The van der Waals surface area contributed by atoms with Crippen LogP contribution in [-0.2, 0) is 0 Å². The third-order valence-corrected chi connectivity index (χ3v) is 2.90. The van der Waals surface area contributed by atoms with Crippen LogP contribution in [0, 0.1) is 12.3 Å². The van der Waals surface area contributed by atoms with Crippen molar-refractivity contribution in [2.45, 2.75) is 33.7 Å². The molecule has 0 fully saturated rings. The van der Waals surface area contributed by atoms with E-state index in [4.69, 9.17) is 17.3 Å². The third kappa shape index (κ3) is 3.67. The van der Waals surface area contributed by atoms with E-state index in [2.05, 4.69) is 26.8 Å². The monoisotopic (exact) mass is 247 g/mol. The van der Waals surface area contributed by atoms with E-state index in [-0.39, 0.29) is 23.9 Å². The Morgan fingerprint density at radius 1 is 1.27 bits per heavy atom. The average molecular weight is 248 g/mol. The summed E-state index contributed by atoms with van der Waals surface area (Å²) in [5.74, 6) is 0. The number of hydrogen-bond donors (Lipinski definition) is 1. The maximum absolute atomic E-state index is 6.13. The highest BCUT2D eigenvalue weighted by atomic mass is 35.5. The lowest BCUT2D eigenvalue weighted by atomic mass is 9.83. The van der Waals surface area contributed by atoms with E-state index in [0.29, 0.717) is 0 Å². The third-order valence-electron chi connectivity index (χ3n) is 2.49. The van der Waals surface area contributed by atoms with Crippen molar-refractivity contribution in [1.29, 1.82) is 0 Å². The Morgan fingerprint density at radius 3 is 2.20 bits per heavy atom. The zero-order chi connectivity index (χ0) is 10.9. The molecule has 0 aliphatic carbocycles. The van der Waals surface area contributed by atoms with Crippen LogP contribution in [0.25, 0.3) is 0 Å². The molecular formula is C12H19Cl2N. The van der Waals surface area contributed by atoms with Gasteiger partial charge in [-0.05, 0) is 29.5 Å². The Kier molecular flexibility index (Phi) is 5.12. The molecule has 2 N–H and O–H groups in total. The Balaban J connectivity index is 0.00000196. The van der Waals surface area contributed by atoms with Gasteiger partial charge in [-0.2, -0.15) is 0 Å². The zero-order valence-corrected chi connectivity index (χ0v) is 11.2. The first-order chi connectivity index (χ1) is 6.32. The number of aryl methyl sites for hydroxylation is 1. The molecule has 86 valence electrons. The fraction of sp³-hybridized carbons (Fsp3) is 0.500. The predicted molar refractivity (Wildman–Crippen MR) is 69.8 cm³/mol. The number of nitrogens with two attached hydrogens (primary N) is 1. The molecule has 1 nitrogen and oxygen atoms in total. The molecule has 0 bridgehead atoms. The van der Waals surface area contributed by atoms with Crippen LogP contribution in [0.1, 0.15) is 37.9 Å². The van der Waals surface area contributed by atoms with Crippen LogP contribution in [0.5, 0.6) is 0 Å². The molecule has 0 aromatic heterocycles. The maximum Gasteiger partial charge on any atom is 0.0438 e. The molecular weight excluding hydrogens is 229 g/mol. The van der Waals surface area contributed by atoms with Gasteiger partial charge in [0.05, 0.1) is 0 Å². The fourth-order valence-corrected chi connectivity index (χ4v) is 1.49. The largest absolute Gasteiger partial charge is 0.324 e. The van der Waals surface area contributed by atoms with Crippen LogP contribution in [-0.4, -0.2) is 0 Å². The van der Waals surface area contributed by atoms with E-state index in [0.717, 1.165) is 16.1 Å². The quantitative estimate of drug-likeness (QED) is 0.794. The second-order valence-corrected chi connectivity index (χ2v) is 5.26. The molecule has 0 amide bonds. The molecule has 0 heterocycles. The first-order valence-corrected chi connectivity index (χ1v) is 5.22. The Morgan fingerprint density at radius 2 is 1.80 bits per heavy atom. The Bertz CT molecular complexity index is 329. The van der Waals surface area contributed by atoms with Crippen LogP contribution >= 0.6 is 24.0 Å². The van der Waals surface area contributed by atoms with Gasteiger partial charge in [-0.15, -0.1) is 12.4 Å². The summed E-state index contributed by atoms with van der Waals surface area (Å²) >= 11 is 6.05. The summed E-state index contributed by atoms with van der Waals surface area (Å²) in [5.41, 5.74) is 8.40. The molecule has 0 spiro atoms. The highest BCUT2D eigenvalue weighted by Gasteiger charge is 2.22. The van der Waals surface area contributed by atoms with Gasteiger partial charge in [0.1, 0.15) is 0 Å². The van der Waals surface area contributed by atoms with E-state index >= 15 is 0 Å². The van der Waals surface area contributed by atoms with Crippen molar-refractivity contribution in [3.8, 4) is 0 Å². The summed E-state index contributed by atoms with van der Waals surface area (Å²) in [6, 6.07) is 6.06. The van der Waals surface area contributed by atoms with E-state index in [1.807, 2.05) is 19.1 Å². The average Bonchev–Trinajstić information content (AvgIpc) is 2.07. The molecule has 0 radical (unpaired) electrons. The van der Waals surface area contributed by atoms with Crippen molar-refractivity contribution < 1.29 is 0 Å². The molecule has 0 aliphatic rings. The molecule has 1 aromatic carbocycles. The van der Waals surface area contributed by atoms with Gasteiger partial charge >= 0.3 is 0 Å². The van der Waals surface area contributed by atoms with Crippen molar-refractivity contribution in [2.24, 2.45) is 11.1 Å². The SMILES string of the molecule is Cc1ccc([C@H](N)C(C)(C)C)cc1Cl.Cl. The summed E-state index contributed by atoms with van der Waals surface area (Å²) in [4.78, 5) is 0. The van der Waals surface area contributed by atoms with Crippen LogP contribution < -0.4 is 5.73 Å². The smallest absolute Gasteiger partial charge is 0.0438 e. The standard InChI is InChI=1S/C12H18ClN.ClH/c1-8-5-6-9(7-10(8)13)11(14)12(2,3)4;/h5-7,11H,14H2,1-4H3;1H/t11-;/m0./s1. The van der Waals surface area contributed by atoms with Crippen LogP contribution in [0.15, 0.2) is 18.2 Å². The second-order valence-electron chi connectivity index (χ2n) is 4.85. The van der Waals surface area contributed by atoms with E-state index < -0.39 is 0 Å². The summed E-state index contributed by atoms with van der Waals surface area (Å²) in [6.07, 6.45) is 0. The lowest BCUT2D eigenvalue weighted by Crippen LogP contribution is -2.26. The fourth-order valence-electron chi connectivity index (χ4n) is 1.30. The number of hydrogen-bond acceptors (Lipinski definition) is 1. The predicted octanol–water partition coefficient (Wildman–Crippen LogP) is 4.12. The molecule has 1 rings (SSSR count). The van der Waals surface area contributed by atoms with Crippen molar-refractivity contribution in [3.63, 3.8) is 0 Å². The zero-order valence-electron chi connectivity index (χ0n) is 9.67. The molecule has 0 aliphatic heterocycles.